The number of rotatable bonds is 14. The molecular weight excluding hydrogens is 394 g/mol. The van der Waals surface area contributed by atoms with Crippen LogP contribution in [0.4, 0.5) is 0 Å². The van der Waals surface area contributed by atoms with Crippen LogP contribution in [0.5, 0.6) is 0 Å². The summed E-state index contributed by atoms with van der Waals surface area (Å²) in [5.74, 6) is -3.71. The highest BCUT2D eigenvalue weighted by Gasteiger charge is 2.26. The highest BCUT2D eigenvalue weighted by atomic mass is 32.2. The van der Waals surface area contributed by atoms with E-state index in [0.29, 0.717) is 5.75 Å². The zero-order valence-electron chi connectivity index (χ0n) is 15.5. The molecule has 0 heterocycles. The molecule has 0 saturated carbocycles. The molecule has 0 aliphatic carbocycles. The van der Waals surface area contributed by atoms with Gasteiger partial charge < -0.3 is 37.6 Å². The highest BCUT2D eigenvalue weighted by molar-refractivity contribution is 7.98. The number of carboxylic acids is 1. The van der Waals surface area contributed by atoms with E-state index in [2.05, 4.69) is 16.0 Å². The largest absolute Gasteiger partial charge is 0.480 e. The number of carbonyl (C=O) groups is 5. The maximum atomic E-state index is 12.4. The number of hydrogen-bond donors (Lipinski definition) is 7. The smallest absolute Gasteiger partial charge is 0.326 e. The molecule has 4 amide bonds. The number of hydrogen-bond acceptors (Lipinski definition) is 8. The first-order valence-electron chi connectivity index (χ1n) is 8.36. The summed E-state index contributed by atoms with van der Waals surface area (Å²) in [6.45, 7) is -1.06. The van der Waals surface area contributed by atoms with E-state index in [1.807, 2.05) is 0 Å². The number of nitrogens with two attached hydrogens (primary N) is 2. The van der Waals surface area contributed by atoms with Crippen molar-refractivity contribution in [3.8, 4) is 0 Å². The Bertz CT molecular complexity index is 575. The molecule has 0 aliphatic rings. The molecule has 0 spiro atoms. The van der Waals surface area contributed by atoms with Crippen molar-refractivity contribution < 1.29 is 34.2 Å². The number of carbonyl (C=O) groups excluding carboxylic acids is 4. The fraction of sp³-hybridized carbons (Fsp3) is 0.667. The number of aliphatic carboxylic acids is 1. The third-order valence-corrected chi connectivity index (χ3v) is 4.16. The Morgan fingerprint density at radius 3 is 2.18 bits per heavy atom. The van der Waals surface area contributed by atoms with E-state index in [1.54, 1.807) is 6.26 Å². The van der Waals surface area contributed by atoms with Crippen LogP contribution in [0.2, 0.25) is 0 Å². The summed E-state index contributed by atoms with van der Waals surface area (Å²) in [7, 11) is 0. The van der Waals surface area contributed by atoms with E-state index in [1.165, 1.54) is 11.8 Å². The lowest BCUT2D eigenvalue weighted by atomic mass is 10.1. The highest BCUT2D eigenvalue weighted by Crippen LogP contribution is 2.04. The molecule has 0 aromatic heterocycles. The number of nitrogens with one attached hydrogen (secondary N) is 3. The fourth-order valence-electron chi connectivity index (χ4n) is 1.95. The van der Waals surface area contributed by atoms with E-state index in [9.17, 15) is 24.0 Å². The van der Waals surface area contributed by atoms with Gasteiger partial charge in [-0.05, 0) is 24.9 Å². The molecule has 9 N–H and O–H groups in total. The first-order valence-corrected chi connectivity index (χ1v) is 9.75. The molecule has 0 aromatic carbocycles. The summed E-state index contributed by atoms with van der Waals surface area (Å²) in [4.78, 5) is 57.9. The molecule has 3 atom stereocenters. The second-order valence-corrected chi connectivity index (χ2v) is 6.80. The Morgan fingerprint density at radius 1 is 1.04 bits per heavy atom. The summed E-state index contributed by atoms with van der Waals surface area (Å²) < 4.78 is 0. The van der Waals surface area contributed by atoms with Gasteiger partial charge in [-0.3, -0.25) is 19.2 Å². The van der Waals surface area contributed by atoms with Gasteiger partial charge in [0, 0.05) is 6.42 Å². The summed E-state index contributed by atoms with van der Waals surface area (Å²) in [5, 5.41) is 24.8. The van der Waals surface area contributed by atoms with Crippen LogP contribution in [0.25, 0.3) is 0 Å². The van der Waals surface area contributed by atoms with Gasteiger partial charge in [0.25, 0.3) is 0 Å². The van der Waals surface area contributed by atoms with Gasteiger partial charge in [0.1, 0.15) is 18.1 Å². The molecule has 12 nitrogen and oxygen atoms in total. The van der Waals surface area contributed by atoms with Crippen LogP contribution in [0, 0.1) is 0 Å². The topological polar surface area (TPSA) is 214 Å². The molecule has 13 heteroatoms. The van der Waals surface area contributed by atoms with Crippen LogP contribution in [0.15, 0.2) is 0 Å². The lowest BCUT2D eigenvalue weighted by Crippen LogP contribution is -2.54. The molecule has 0 aliphatic heterocycles. The van der Waals surface area contributed by atoms with Crippen molar-refractivity contribution in [2.45, 2.75) is 37.4 Å². The molecule has 0 aromatic rings. The monoisotopic (exact) mass is 421 g/mol. The normalized spacial score (nSPS) is 13.7. The molecule has 0 fully saturated rings. The number of thioether (sulfide) groups is 1. The maximum absolute atomic E-state index is 12.4. The van der Waals surface area contributed by atoms with E-state index in [-0.39, 0.29) is 19.3 Å². The molecule has 0 rings (SSSR count). The van der Waals surface area contributed by atoms with Crippen molar-refractivity contribution in [1.29, 1.82) is 0 Å². The number of carboxylic acid groups (broad SMARTS) is 1. The second kappa shape index (κ2) is 13.7. The van der Waals surface area contributed by atoms with Gasteiger partial charge in [-0.1, -0.05) is 0 Å². The lowest BCUT2D eigenvalue weighted by Gasteiger charge is -2.21. The Hall–Kier alpha value is -2.38. The SMILES string of the molecule is CSCCC(NC(=O)CNC(=O)C(N)CO)C(=O)NC(CCC(N)=O)C(=O)O. The molecule has 3 unspecified atom stereocenters. The Kier molecular flexibility index (Phi) is 12.6. The van der Waals surface area contributed by atoms with Crippen molar-refractivity contribution in [2.24, 2.45) is 11.5 Å². The molecule has 0 saturated heterocycles. The van der Waals surface area contributed by atoms with Gasteiger partial charge in [0.2, 0.25) is 23.6 Å². The van der Waals surface area contributed by atoms with Crippen molar-refractivity contribution in [2.75, 3.05) is 25.2 Å². The predicted octanol–water partition coefficient (Wildman–Crippen LogP) is -3.50. The first kappa shape index (κ1) is 25.6. The Balaban J connectivity index is 4.86. The molecule has 0 radical (unpaired) electrons. The molecular formula is C15H27N5O7S. The van der Waals surface area contributed by atoms with E-state index in [4.69, 9.17) is 21.7 Å². The van der Waals surface area contributed by atoms with Crippen molar-refractivity contribution >= 4 is 41.4 Å². The van der Waals surface area contributed by atoms with E-state index < -0.39 is 60.9 Å². The van der Waals surface area contributed by atoms with Crippen molar-refractivity contribution in [1.82, 2.24) is 16.0 Å². The number of amides is 4. The standard InChI is InChI=1S/C15H27N5O7S/c1-28-5-4-9(19-12(23)6-18-13(24)8(16)7-21)14(25)20-10(15(26)27)2-3-11(17)22/h8-10,21H,2-7,16H2,1H3,(H2,17,22)(H,18,24)(H,19,23)(H,20,25)(H,26,27). The van der Waals surface area contributed by atoms with Crippen LogP contribution >= 0.6 is 11.8 Å². The quantitative estimate of drug-likeness (QED) is 0.148. The van der Waals surface area contributed by atoms with Gasteiger partial charge in [0.15, 0.2) is 0 Å². The third-order valence-electron chi connectivity index (χ3n) is 3.51. The fourth-order valence-corrected chi connectivity index (χ4v) is 2.42. The second-order valence-electron chi connectivity index (χ2n) is 5.81. The number of aliphatic hydroxyl groups is 1. The molecule has 160 valence electrons. The number of primary amides is 1. The third kappa shape index (κ3) is 10.7. The average molecular weight is 421 g/mol. The van der Waals surface area contributed by atoms with Gasteiger partial charge in [-0.15, -0.1) is 0 Å². The van der Waals surface area contributed by atoms with Gasteiger partial charge in [-0.2, -0.15) is 11.8 Å². The van der Waals surface area contributed by atoms with E-state index in [0.717, 1.165) is 0 Å². The Labute approximate surface area is 166 Å². The zero-order valence-corrected chi connectivity index (χ0v) is 16.3. The van der Waals surface area contributed by atoms with Crippen molar-refractivity contribution in [3.63, 3.8) is 0 Å². The summed E-state index contributed by atoms with van der Waals surface area (Å²) in [5.41, 5.74) is 10.3. The lowest BCUT2D eigenvalue weighted by molar-refractivity contribution is -0.142. The van der Waals surface area contributed by atoms with Crippen LogP contribution in [0.3, 0.4) is 0 Å². The zero-order chi connectivity index (χ0) is 21.7. The van der Waals surface area contributed by atoms with Crippen LogP contribution in [-0.4, -0.2) is 83.1 Å². The Morgan fingerprint density at radius 2 is 1.68 bits per heavy atom. The van der Waals surface area contributed by atoms with Gasteiger partial charge in [-0.25, -0.2) is 4.79 Å². The summed E-state index contributed by atoms with van der Waals surface area (Å²) in [6, 6.07) is -3.56. The minimum absolute atomic E-state index is 0.186. The maximum Gasteiger partial charge on any atom is 0.326 e. The van der Waals surface area contributed by atoms with Crippen LogP contribution in [-0.2, 0) is 24.0 Å². The minimum atomic E-state index is -1.34. The van der Waals surface area contributed by atoms with Gasteiger partial charge in [0.05, 0.1) is 13.2 Å². The van der Waals surface area contributed by atoms with Gasteiger partial charge >= 0.3 is 5.97 Å². The molecule has 28 heavy (non-hydrogen) atoms. The minimum Gasteiger partial charge on any atom is -0.480 e. The molecule has 0 bridgehead atoms. The average Bonchev–Trinajstić information content (AvgIpc) is 2.64. The van der Waals surface area contributed by atoms with E-state index >= 15 is 0 Å². The summed E-state index contributed by atoms with van der Waals surface area (Å²) in [6.07, 6.45) is 1.59. The first-order chi connectivity index (χ1) is 13.1. The van der Waals surface area contributed by atoms with Crippen LogP contribution in [0.1, 0.15) is 19.3 Å². The number of aliphatic hydroxyl groups excluding tert-OH is 1. The summed E-state index contributed by atoms with van der Waals surface area (Å²) >= 11 is 1.42. The van der Waals surface area contributed by atoms with Crippen molar-refractivity contribution in [3.05, 3.63) is 0 Å². The van der Waals surface area contributed by atoms with Crippen LogP contribution < -0.4 is 27.4 Å². The predicted molar refractivity (Wildman–Crippen MR) is 101 cm³/mol.